The standard InChI is InChI=1S/C17H17O/c1-18-17-12-15-7-6-13-2-4-14(5-3-13)8-10-16(17)11-9-15/h2-5,9,11H,6-8,10H2,1H3. The summed E-state index contributed by atoms with van der Waals surface area (Å²) in [6.45, 7) is 0. The third-order valence-electron chi connectivity index (χ3n) is 3.64. The molecule has 1 heteroatoms. The van der Waals surface area contributed by atoms with Gasteiger partial charge in [-0.1, -0.05) is 42.1 Å². The number of rotatable bonds is 1. The number of hydrogen-bond donors (Lipinski definition) is 0. The first-order valence-electron chi connectivity index (χ1n) is 6.51. The van der Waals surface area contributed by atoms with Crippen molar-refractivity contribution < 1.29 is 4.74 Å². The number of benzene rings is 1. The molecule has 0 aliphatic heterocycles. The molecule has 91 valence electrons. The van der Waals surface area contributed by atoms with Crippen LogP contribution in [-0.2, 0) is 17.6 Å². The van der Waals surface area contributed by atoms with Crippen LogP contribution in [0.5, 0.6) is 0 Å². The fourth-order valence-electron chi connectivity index (χ4n) is 2.50. The van der Waals surface area contributed by atoms with Gasteiger partial charge in [0.2, 0.25) is 0 Å². The fraction of sp³-hybridized carbons (Fsp3) is 0.294. The average Bonchev–Trinajstić information content (AvgIpc) is 2.41. The molecule has 1 aromatic carbocycles. The maximum atomic E-state index is 5.45. The van der Waals surface area contributed by atoms with Gasteiger partial charge in [0.25, 0.3) is 0 Å². The molecule has 0 unspecified atom stereocenters. The minimum atomic E-state index is 0.919. The fourth-order valence-corrected chi connectivity index (χ4v) is 2.50. The Bertz CT molecular complexity index is 527. The van der Waals surface area contributed by atoms with Crippen LogP contribution in [0.15, 0.2) is 53.5 Å². The molecule has 0 fully saturated rings. The molecule has 0 saturated heterocycles. The van der Waals surface area contributed by atoms with Crippen molar-refractivity contribution in [3.8, 4) is 0 Å². The van der Waals surface area contributed by atoms with E-state index in [0.717, 1.165) is 31.4 Å². The van der Waals surface area contributed by atoms with Crippen molar-refractivity contribution in [2.75, 3.05) is 7.11 Å². The Morgan fingerprint density at radius 2 is 1.56 bits per heavy atom. The SMILES string of the molecule is COC1=C=C2C=C[C]1CCc1ccc(cc1)CC2. The van der Waals surface area contributed by atoms with Crippen LogP contribution >= 0.6 is 0 Å². The quantitative estimate of drug-likeness (QED) is 0.676. The van der Waals surface area contributed by atoms with E-state index in [9.17, 15) is 0 Å². The van der Waals surface area contributed by atoms with Crippen LogP contribution in [0.1, 0.15) is 24.0 Å². The molecule has 0 aromatic heterocycles. The minimum absolute atomic E-state index is 0.919. The Hall–Kier alpha value is -1.72. The van der Waals surface area contributed by atoms with Gasteiger partial charge in [0.05, 0.1) is 13.0 Å². The summed E-state index contributed by atoms with van der Waals surface area (Å²) < 4.78 is 5.45. The average molecular weight is 237 g/mol. The van der Waals surface area contributed by atoms with Gasteiger partial charge in [0, 0.05) is 0 Å². The van der Waals surface area contributed by atoms with Gasteiger partial charge in [-0.3, -0.25) is 0 Å². The van der Waals surface area contributed by atoms with Crippen LogP contribution in [0.4, 0.5) is 0 Å². The molecule has 1 radical (unpaired) electrons. The van der Waals surface area contributed by atoms with E-state index < -0.39 is 0 Å². The summed E-state index contributed by atoms with van der Waals surface area (Å²) in [5, 5.41) is 0. The van der Waals surface area contributed by atoms with Crippen LogP contribution in [0.2, 0.25) is 0 Å². The summed E-state index contributed by atoms with van der Waals surface area (Å²) in [5.74, 6) is 2.17. The third kappa shape index (κ3) is 2.27. The Kier molecular flexibility index (Phi) is 3.08. The summed E-state index contributed by atoms with van der Waals surface area (Å²) in [4.78, 5) is 0. The molecule has 0 saturated carbocycles. The van der Waals surface area contributed by atoms with E-state index in [-0.39, 0.29) is 0 Å². The molecule has 0 atom stereocenters. The van der Waals surface area contributed by atoms with Crippen LogP contribution < -0.4 is 0 Å². The van der Waals surface area contributed by atoms with Gasteiger partial charge in [-0.05, 0) is 42.4 Å². The van der Waals surface area contributed by atoms with Gasteiger partial charge >= 0.3 is 0 Å². The zero-order valence-electron chi connectivity index (χ0n) is 10.7. The van der Waals surface area contributed by atoms with Crippen LogP contribution in [-0.4, -0.2) is 7.11 Å². The number of allylic oxidation sites excluding steroid dienone is 2. The van der Waals surface area contributed by atoms with Crippen LogP contribution in [0.25, 0.3) is 0 Å². The zero-order valence-corrected chi connectivity index (χ0v) is 10.7. The lowest BCUT2D eigenvalue weighted by Gasteiger charge is -2.18. The van der Waals surface area contributed by atoms with Gasteiger partial charge in [0.1, 0.15) is 5.76 Å². The molecule has 0 spiro atoms. The summed E-state index contributed by atoms with van der Waals surface area (Å²) >= 11 is 0. The maximum absolute atomic E-state index is 5.45. The van der Waals surface area contributed by atoms with Crippen molar-refractivity contribution in [1.29, 1.82) is 0 Å². The normalized spacial score (nSPS) is 18.9. The first-order chi connectivity index (χ1) is 8.85. The van der Waals surface area contributed by atoms with E-state index in [1.807, 2.05) is 0 Å². The van der Waals surface area contributed by atoms with E-state index >= 15 is 0 Å². The molecule has 0 heterocycles. The van der Waals surface area contributed by atoms with E-state index in [0.29, 0.717) is 0 Å². The lowest BCUT2D eigenvalue weighted by molar-refractivity contribution is 0.289. The lowest BCUT2D eigenvalue weighted by Crippen LogP contribution is -2.06. The van der Waals surface area contributed by atoms with Crippen LogP contribution in [0.3, 0.4) is 0 Å². The predicted molar refractivity (Wildman–Crippen MR) is 73.0 cm³/mol. The Labute approximate surface area is 108 Å². The molecule has 18 heavy (non-hydrogen) atoms. The highest BCUT2D eigenvalue weighted by Gasteiger charge is 2.17. The molecular weight excluding hydrogens is 220 g/mol. The molecule has 5 aliphatic carbocycles. The molecule has 1 aromatic rings. The number of ether oxygens (including phenoxy) is 1. The Morgan fingerprint density at radius 3 is 2.22 bits per heavy atom. The number of methoxy groups -OCH3 is 1. The van der Waals surface area contributed by atoms with E-state index in [4.69, 9.17) is 4.74 Å². The Balaban J connectivity index is 1.97. The monoisotopic (exact) mass is 237 g/mol. The molecular formula is C17H17O. The van der Waals surface area contributed by atoms with Crippen molar-refractivity contribution in [2.45, 2.75) is 25.7 Å². The highest BCUT2D eigenvalue weighted by atomic mass is 16.5. The van der Waals surface area contributed by atoms with Crippen molar-refractivity contribution in [1.82, 2.24) is 0 Å². The second kappa shape index (κ2) is 4.88. The van der Waals surface area contributed by atoms with Crippen molar-refractivity contribution in [3.63, 3.8) is 0 Å². The smallest absolute Gasteiger partial charge is 0.149 e. The maximum Gasteiger partial charge on any atom is 0.149 e. The summed E-state index contributed by atoms with van der Waals surface area (Å²) in [6.07, 6.45) is 8.54. The third-order valence-corrected chi connectivity index (χ3v) is 3.64. The topological polar surface area (TPSA) is 9.23 Å². The summed E-state index contributed by atoms with van der Waals surface area (Å²) in [5.41, 5.74) is 7.43. The highest BCUT2D eigenvalue weighted by Crippen LogP contribution is 2.28. The largest absolute Gasteiger partial charge is 0.492 e. The van der Waals surface area contributed by atoms with E-state index in [1.54, 1.807) is 7.11 Å². The second-order valence-corrected chi connectivity index (χ2v) is 4.86. The minimum Gasteiger partial charge on any atom is -0.492 e. The molecule has 0 N–H and O–H groups in total. The molecule has 0 amide bonds. The second-order valence-electron chi connectivity index (χ2n) is 4.86. The number of aryl methyl sites for hydroxylation is 2. The molecule has 6 rings (SSSR count). The predicted octanol–water partition coefficient (Wildman–Crippen LogP) is 3.77. The van der Waals surface area contributed by atoms with Crippen LogP contribution in [0, 0.1) is 5.92 Å². The first kappa shape index (κ1) is 11.4. The van der Waals surface area contributed by atoms with Gasteiger partial charge in [-0.2, -0.15) is 0 Å². The van der Waals surface area contributed by atoms with E-state index in [1.165, 1.54) is 22.6 Å². The zero-order chi connectivity index (χ0) is 12.4. The molecule has 5 aliphatic rings. The van der Waals surface area contributed by atoms with Gasteiger partial charge < -0.3 is 4.74 Å². The summed E-state index contributed by atoms with van der Waals surface area (Å²) in [6, 6.07) is 9.00. The van der Waals surface area contributed by atoms with Crippen molar-refractivity contribution in [2.24, 2.45) is 0 Å². The summed E-state index contributed by atoms with van der Waals surface area (Å²) in [7, 11) is 1.73. The Morgan fingerprint density at radius 1 is 0.889 bits per heavy atom. The van der Waals surface area contributed by atoms with E-state index in [2.05, 4.69) is 42.1 Å². The highest BCUT2D eigenvalue weighted by molar-refractivity contribution is 5.40. The van der Waals surface area contributed by atoms with Crippen molar-refractivity contribution in [3.05, 3.63) is 70.5 Å². The van der Waals surface area contributed by atoms with Gasteiger partial charge in [-0.15, -0.1) is 0 Å². The first-order valence-corrected chi connectivity index (χ1v) is 6.51. The number of hydrogen-bond acceptors (Lipinski definition) is 1. The lowest BCUT2D eigenvalue weighted by atomic mass is 9.90. The van der Waals surface area contributed by atoms with Gasteiger partial charge in [-0.25, -0.2) is 0 Å². The van der Waals surface area contributed by atoms with Gasteiger partial charge in [0.15, 0.2) is 0 Å². The molecule has 4 bridgehead atoms. The van der Waals surface area contributed by atoms with Crippen molar-refractivity contribution >= 4 is 0 Å². The molecule has 1 nitrogen and oxygen atoms in total.